The first kappa shape index (κ1) is 8.72. The van der Waals surface area contributed by atoms with Crippen LogP contribution in [0.15, 0.2) is 24.3 Å². The van der Waals surface area contributed by atoms with E-state index in [0.717, 1.165) is 6.61 Å². The molecule has 0 aromatic carbocycles. The topological polar surface area (TPSA) is 9.23 Å². The van der Waals surface area contributed by atoms with Gasteiger partial charge in [0.1, 0.15) is 0 Å². The molecule has 0 spiro atoms. The lowest BCUT2D eigenvalue weighted by atomic mass is 9.58. The molecule has 0 N–H and O–H groups in total. The molecule has 14 heavy (non-hydrogen) atoms. The average molecular weight is 190 g/mol. The molecule has 2 fully saturated rings. The minimum atomic E-state index is 0.0816. The molecular weight excluding hydrogens is 172 g/mol. The molecule has 1 aliphatic heterocycles. The predicted octanol–water partition coefficient (Wildman–Crippen LogP) is 3.22. The molecule has 1 nitrogen and oxygen atoms in total. The molecule has 3 aliphatic rings. The number of rotatable bonds is 0. The fraction of sp³-hybridized carbons (Fsp3) is 0.692. The van der Waals surface area contributed by atoms with E-state index in [1.54, 1.807) is 0 Å². The van der Waals surface area contributed by atoms with Crippen molar-refractivity contribution in [3.8, 4) is 0 Å². The molecule has 0 bridgehead atoms. The summed E-state index contributed by atoms with van der Waals surface area (Å²) in [6.45, 7) is 0.958. The highest BCUT2D eigenvalue weighted by atomic mass is 16.5. The molecule has 0 amide bonds. The molecule has 2 aliphatic carbocycles. The van der Waals surface area contributed by atoms with E-state index in [0.29, 0.717) is 5.41 Å². The van der Waals surface area contributed by atoms with Gasteiger partial charge >= 0.3 is 0 Å². The highest BCUT2D eigenvalue weighted by molar-refractivity contribution is 5.29. The second-order valence-corrected chi connectivity index (χ2v) is 4.92. The Kier molecular flexibility index (Phi) is 1.85. The third-order valence-electron chi connectivity index (χ3n) is 4.28. The summed E-state index contributed by atoms with van der Waals surface area (Å²) in [4.78, 5) is 0. The van der Waals surface area contributed by atoms with E-state index in [-0.39, 0.29) is 5.60 Å². The van der Waals surface area contributed by atoms with E-state index in [1.807, 2.05) is 0 Å². The summed E-state index contributed by atoms with van der Waals surface area (Å²) >= 11 is 0. The van der Waals surface area contributed by atoms with Crippen LogP contribution < -0.4 is 0 Å². The summed E-state index contributed by atoms with van der Waals surface area (Å²) in [5, 5.41) is 0. The van der Waals surface area contributed by atoms with E-state index in [9.17, 15) is 0 Å². The van der Waals surface area contributed by atoms with Crippen molar-refractivity contribution in [2.24, 2.45) is 5.41 Å². The lowest BCUT2D eigenvalue weighted by molar-refractivity contribution is -0.141. The smallest absolute Gasteiger partial charge is 0.0955 e. The Hall–Kier alpha value is -0.560. The van der Waals surface area contributed by atoms with Gasteiger partial charge < -0.3 is 4.74 Å². The summed E-state index contributed by atoms with van der Waals surface area (Å²) in [5.41, 5.74) is 0.441. The van der Waals surface area contributed by atoms with Crippen LogP contribution in [0.4, 0.5) is 0 Å². The zero-order valence-corrected chi connectivity index (χ0v) is 8.67. The van der Waals surface area contributed by atoms with E-state index in [4.69, 9.17) is 4.74 Å². The second-order valence-electron chi connectivity index (χ2n) is 4.92. The van der Waals surface area contributed by atoms with Gasteiger partial charge in [-0.1, -0.05) is 37.1 Å². The van der Waals surface area contributed by atoms with Gasteiger partial charge in [-0.2, -0.15) is 0 Å². The van der Waals surface area contributed by atoms with Crippen LogP contribution in [0.2, 0.25) is 0 Å². The summed E-state index contributed by atoms with van der Waals surface area (Å²) < 4.78 is 6.13. The SMILES string of the molecule is C1=CC23CCCCC2(C=C1)OCCC3. The fourth-order valence-corrected chi connectivity index (χ4v) is 3.54. The minimum Gasteiger partial charge on any atom is -0.370 e. The maximum absolute atomic E-state index is 6.13. The molecule has 1 saturated heterocycles. The monoisotopic (exact) mass is 190 g/mol. The van der Waals surface area contributed by atoms with Crippen LogP contribution in [0.25, 0.3) is 0 Å². The Labute approximate surface area is 85.8 Å². The van der Waals surface area contributed by atoms with E-state index >= 15 is 0 Å². The third kappa shape index (κ3) is 0.993. The molecule has 1 heterocycles. The van der Waals surface area contributed by atoms with E-state index in [2.05, 4.69) is 24.3 Å². The zero-order chi connectivity index (χ0) is 9.49. The normalized spacial score (nSPS) is 45.7. The third-order valence-corrected chi connectivity index (χ3v) is 4.28. The van der Waals surface area contributed by atoms with Gasteiger partial charge in [-0.05, 0) is 25.7 Å². The van der Waals surface area contributed by atoms with Crippen molar-refractivity contribution in [3.63, 3.8) is 0 Å². The van der Waals surface area contributed by atoms with Crippen molar-refractivity contribution < 1.29 is 4.74 Å². The standard InChI is InChI=1S/C13H18O/c1-3-9-13-10-4-2-7-12(13,6-1)8-5-11-14-13/h1,3,6,9H,2,4-5,7-8,10-11H2. The first-order valence-corrected chi connectivity index (χ1v) is 5.88. The summed E-state index contributed by atoms with van der Waals surface area (Å²) in [6, 6.07) is 0. The molecule has 0 radical (unpaired) electrons. The van der Waals surface area contributed by atoms with Gasteiger partial charge in [0, 0.05) is 12.0 Å². The summed E-state index contributed by atoms with van der Waals surface area (Å²) in [6.07, 6.45) is 17.0. The first-order chi connectivity index (χ1) is 6.87. The van der Waals surface area contributed by atoms with Crippen LogP contribution >= 0.6 is 0 Å². The summed E-state index contributed by atoms with van der Waals surface area (Å²) in [7, 11) is 0. The molecule has 1 saturated carbocycles. The fourth-order valence-electron chi connectivity index (χ4n) is 3.54. The maximum Gasteiger partial charge on any atom is 0.0955 e. The Morgan fingerprint density at radius 2 is 1.64 bits per heavy atom. The Balaban J connectivity index is 2.04. The number of allylic oxidation sites excluding steroid dienone is 2. The lowest BCUT2D eigenvalue weighted by Gasteiger charge is -2.54. The van der Waals surface area contributed by atoms with Crippen molar-refractivity contribution in [2.45, 2.75) is 44.1 Å². The van der Waals surface area contributed by atoms with E-state index in [1.165, 1.54) is 38.5 Å². The Morgan fingerprint density at radius 1 is 0.857 bits per heavy atom. The Bertz CT molecular complexity index is 246. The van der Waals surface area contributed by atoms with Gasteiger partial charge in [0.15, 0.2) is 0 Å². The minimum absolute atomic E-state index is 0.0816. The first-order valence-electron chi connectivity index (χ1n) is 5.88. The molecule has 0 aromatic rings. The van der Waals surface area contributed by atoms with E-state index < -0.39 is 0 Å². The summed E-state index contributed by atoms with van der Waals surface area (Å²) in [5.74, 6) is 0. The van der Waals surface area contributed by atoms with Gasteiger partial charge in [-0.25, -0.2) is 0 Å². The van der Waals surface area contributed by atoms with Crippen molar-refractivity contribution in [1.82, 2.24) is 0 Å². The molecule has 2 unspecified atom stereocenters. The Morgan fingerprint density at radius 3 is 2.57 bits per heavy atom. The van der Waals surface area contributed by atoms with Gasteiger partial charge in [0.25, 0.3) is 0 Å². The zero-order valence-electron chi connectivity index (χ0n) is 8.67. The number of ether oxygens (including phenoxy) is 1. The van der Waals surface area contributed by atoms with Gasteiger partial charge in [0.2, 0.25) is 0 Å². The van der Waals surface area contributed by atoms with Crippen molar-refractivity contribution in [2.75, 3.05) is 6.61 Å². The number of hydrogen-bond acceptors (Lipinski definition) is 1. The van der Waals surface area contributed by atoms with Crippen LogP contribution in [0.5, 0.6) is 0 Å². The van der Waals surface area contributed by atoms with Crippen molar-refractivity contribution in [3.05, 3.63) is 24.3 Å². The molecule has 76 valence electrons. The molecule has 2 atom stereocenters. The van der Waals surface area contributed by atoms with Crippen LogP contribution in [-0.4, -0.2) is 12.2 Å². The molecule has 3 rings (SSSR count). The van der Waals surface area contributed by atoms with Gasteiger partial charge in [-0.15, -0.1) is 0 Å². The maximum atomic E-state index is 6.13. The van der Waals surface area contributed by atoms with Crippen LogP contribution in [-0.2, 0) is 4.74 Å². The highest BCUT2D eigenvalue weighted by Gasteiger charge is 2.52. The molecule has 0 aromatic heterocycles. The van der Waals surface area contributed by atoms with Crippen molar-refractivity contribution >= 4 is 0 Å². The largest absolute Gasteiger partial charge is 0.370 e. The van der Waals surface area contributed by atoms with Crippen LogP contribution in [0.3, 0.4) is 0 Å². The lowest BCUT2D eigenvalue weighted by Crippen LogP contribution is -2.53. The van der Waals surface area contributed by atoms with Gasteiger partial charge in [0.05, 0.1) is 5.60 Å². The quantitative estimate of drug-likeness (QED) is 0.570. The van der Waals surface area contributed by atoms with Crippen LogP contribution in [0.1, 0.15) is 38.5 Å². The van der Waals surface area contributed by atoms with Crippen LogP contribution in [0, 0.1) is 5.41 Å². The highest BCUT2D eigenvalue weighted by Crippen LogP contribution is 2.55. The second kappa shape index (κ2) is 2.96. The molecular formula is C13H18O. The molecule has 1 heteroatoms. The predicted molar refractivity (Wildman–Crippen MR) is 57.1 cm³/mol. The number of hydrogen-bond donors (Lipinski definition) is 0. The van der Waals surface area contributed by atoms with Crippen molar-refractivity contribution in [1.29, 1.82) is 0 Å². The average Bonchev–Trinajstić information content (AvgIpc) is 2.27. The van der Waals surface area contributed by atoms with Gasteiger partial charge in [-0.3, -0.25) is 0 Å².